The second-order valence-electron chi connectivity index (χ2n) is 4.16. The van der Waals surface area contributed by atoms with Gasteiger partial charge in [-0.25, -0.2) is 4.79 Å². The third-order valence-electron chi connectivity index (χ3n) is 3.01. The molecule has 1 N–H and O–H groups in total. The first-order valence-corrected chi connectivity index (χ1v) is 5.56. The first-order chi connectivity index (χ1) is 8.11. The highest BCUT2D eigenvalue weighted by atomic mass is 16.4. The standard InChI is InChI=1S/C12H14N2O3/c1-8-4-2-6-13-10(8)11(15)14-7-3-5-9(14)12(16)17/h2,4,6,9H,3,5,7H2,1H3,(H,16,17). The second kappa shape index (κ2) is 4.53. The Labute approximate surface area is 99.1 Å². The van der Waals surface area contributed by atoms with E-state index in [9.17, 15) is 9.59 Å². The summed E-state index contributed by atoms with van der Waals surface area (Å²) in [5.41, 5.74) is 1.12. The van der Waals surface area contributed by atoms with Crippen molar-refractivity contribution in [2.75, 3.05) is 6.54 Å². The van der Waals surface area contributed by atoms with E-state index in [1.165, 1.54) is 4.90 Å². The van der Waals surface area contributed by atoms with Gasteiger partial charge in [0.15, 0.2) is 0 Å². The van der Waals surface area contributed by atoms with Crippen LogP contribution >= 0.6 is 0 Å². The largest absolute Gasteiger partial charge is 0.480 e. The van der Waals surface area contributed by atoms with Crippen LogP contribution < -0.4 is 0 Å². The fourth-order valence-electron chi connectivity index (χ4n) is 2.11. The predicted octanol–water partition coefficient (Wildman–Crippen LogP) is 1.08. The van der Waals surface area contributed by atoms with E-state index in [0.717, 1.165) is 12.0 Å². The summed E-state index contributed by atoms with van der Waals surface area (Å²) in [4.78, 5) is 28.6. The van der Waals surface area contributed by atoms with E-state index < -0.39 is 12.0 Å². The number of rotatable bonds is 2. The molecule has 1 aliphatic rings. The summed E-state index contributed by atoms with van der Waals surface area (Å²) in [5, 5.41) is 9.03. The Morgan fingerprint density at radius 3 is 2.94 bits per heavy atom. The van der Waals surface area contributed by atoms with Crippen LogP contribution in [0.3, 0.4) is 0 Å². The number of carbonyl (C=O) groups is 2. The van der Waals surface area contributed by atoms with E-state index in [1.54, 1.807) is 25.3 Å². The van der Waals surface area contributed by atoms with E-state index >= 15 is 0 Å². The van der Waals surface area contributed by atoms with Gasteiger partial charge in [-0.05, 0) is 31.4 Å². The number of aromatic nitrogens is 1. The zero-order valence-corrected chi connectivity index (χ0v) is 9.59. The highest BCUT2D eigenvalue weighted by molar-refractivity contribution is 5.96. The lowest BCUT2D eigenvalue weighted by atomic mass is 10.2. The number of amides is 1. The molecule has 5 heteroatoms. The molecule has 0 aliphatic carbocycles. The number of hydrogen-bond acceptors (Lipinski definition) is 3. The van der Waals surface area contributed by atoms with Crippen molar-refractivity contribution in [1.29, 1.82) is 0 Å². The lowest BCUT2D eigenvalue weighted by Gasteiger charge is -2.21. The van der Waals surface area contributed by atoms with Crippen molar-refractivity contribution in [2.24, 2.45) is 0 Å². The molecule has 17 heavy (non-hydrogen) atoms. The van der Waals surface area contributed by atoms with E-state index in [1.807, 2.05) is 0 Å². The Kier molecular flexibility index (Phi) is 3.08. The summed E-state index contributed by atoms with van der Waals surface area (Å²) >= 11 is 0. The molecule has 0 spiro atoms. The van der Waals surface area contributed by atoms with Crippen molar-refractivity contribution in [2.45, 2.75) is 25.8 Å². The normalized spacial score (nSPS) is 19.4. The number of aryl methyl sites for hydroxylation is 1. The third kappa shape index (κ3) is 2.13. The predicted molar refractivity (Wildman–Crippen MR) is 60.7 cm³/mol. The van der Waals surface area contributed by atoms with Gasteiger partial charge in [0.2, 0.25) is 0 Å². The van der Waals surface area contributed by atoms with E-state index in [-0.39, 0.29) is 5.91 Å². The van der Waals surface area contributed by atoms with Gasteiger partial charge in [-0.1, -0.05) is 6.07 Å². The van der Waals surface area contributed by atoms with Gasteiger partial charge >= 0.3 is 5.97 Å². The summed E-state index contributed by atoms with van der Waals surface area (Å²) < 4.78 is 0. The monoisotopic (exact) mass is 234 g/mol. The molecule has 5 nitrogen and oxygen atoms in total. The van der Waals surface area contributed by atoms with Crippen LogP contribution in [0.15, 0.2) is 18.3 Å². The number of aliphatic carboxylic acids is 1. The van der Waals surface area contributed by atoms with Gasteiger partial charge < -0.3 is 10.0 Å². The van der Waals surface area contributed by atoms with Crippen LogP contribution in [0, 0.1) is 6.92 Å². The number of pyridine rings is 1. The average molecular weight is 234 g/mol. The van der Waals surface area contributed by atoms with Crippen molar-refractivity contribution in [3.8, 4) is 0 Å². The van der Waals surface area contributed by atoms with E-state index in [4.69, 9.17) is 5.11 Å². The smallest absolute Gasteiger partial charge is 0.326 e. The summed E-state index contributed by atoms with van der Waals surface area (Å²) in [6.45, 7) is 2.29. The molecule has 0 aromatic carbocycles. The highest BCUT2D eigenvalue weighted by Gasteiger charge is 2.35. The van der Waals surface area contributed by atoms with Crippen molar-refractivity contribution in [3.05, 3.63) is 29.6 Å². The number of carbonyl (C=O) groups excluding carboxylic acids is 1. The fourth-order valence-corrected chi connectivity index (χ4v) is 2.11. The number of hydrogen-bond donors (Lipinski definition) is 1. The SMILES string of the molecule is Cc1cccnc1C(=O)N1CCCC1C(=O)O. The molecule has 1 amide bonds. The number of carboxylic acid groups (broad SMARTS) is 1. The van der Waals surface area contributed by atoms with Crippen LogP contribution in [-0.2, 0) is 4.79 Å². The molecule has 2 heterocycles. The Morgan fingerprint density at radius 2 is 2.29 bits per heavy atom. The lowest BCUT2D eigenvalue weighted by Crippen LogP contribution is -2.41. The summed E-state index contributed by atoms with van der Waals surface area (Å²) in [5.74, 6) is -1.22. The van der Waals surface area contributed by atoms with Gasteiger partial charge in [-0.15, -0.1) is 0 Å². The first kappa shape index (κ1) is 11.6. The maximum absolute atomic E-state index is 12.2. The molecule has 0 saturated carbocycles. The van der Waals surface area contributed by atoms with Crippen LogP contribution in [0.1, 0.15) is 28.9 Å². The molecule has 1 unspecified atom stereocenters. The van der Waals surface area contributed by atoms with Crippen LogP contribution in [0.2, 0.25) is 0 Å². The molecule has 2 rings (SSSR count). The number of likely N-dealkylation sites (tertiary alicyclic amines) is 1. The van der Waals surface area contributed by atoms with Crippen molar-refractivity contribution in [1.82, 2.24) is 9.88 Å². The van der Waals surface area contributed by atoms with Crippen LogP contribution in [0.5, 0.6) is 0 Å². The molecule has 1 aromatic rings. The minimum Gasteiger partial charge on any atom is -0.480 e. The van der Waals surface area contributed by atoms with Gasteiger partial charge in [0.1, 0.15) is 11.7 Å². The topological polar surface area (TPSA) is 70.5 Å². The van der Waals surface area contributed by atoms with Gasteiger partial charge in [0.05, 0.1) is 0 Å². The van der Waals surface area contributed by atoms with Crippen LogP contribution in [0.25, 0.3) is 0 Å². The summed E-state index contributed by atoms with van der Waals surface area (Å²) in [7, 11) is 0. The number of carboxylic acids is 1. The molecule has 1 fully saturated rings. The van der Waals surface area contributed by atoms with E-state index in [0.29, 0.717) is 18.7 Å². The zero-order chi connectivity index (χ0) is 12.4. The molecule has 0 radical (unpaired) electrons. The number of nitrogens with zero attached hydrogens (tertiary/aromatic N) is 2. The van der Waals surface area contributed by atoms with Crippen molar-refractivity contribution >= 4 is 11.9 Å². The first-order valence-electron chi connectivity index (χ1n) is 5.56. The van der Waals surface area contributed by atoms with Gasteiger partial charge in [0.25, 0.3) is 5.91 Å². The van der Waals surface area contributed by atoms with Crippen LogP contribution in [-0.4, -0.2) is 39.5 Å². The Hall–Kier alpha value is -1.91. The Bertz CT molecular complexity index is 459. The third-order valence-corrected chi connectivity index (χ3v) is 3.01. The van der Waals surface area contributed by atoms with E-state index in [2.05, 4.69) is 4.98 Å². The molecular formula is C12H14N2O3. The summed E-state index contributed by atoms with van der Waals surface area (Å²) in [6.07, 6.45) is 2.80. The second-order valence-corrected chi connectivity index (χ2v) is 4.16. The average Bonchev–Trinajstić information content (AvgIpc) is 2.77. The maximum Gasteiger partial charge on any atom is 0.326 e. The fraction of sp³-hybridized carbons (Fsp3) is 0.417. The van der Waals surface area contributed by atoms with Gasteiger partial charge in [-0.2, -0.15) is 0 Å². The summed E-state index contributed by atoms with van der Waals surface area (Å²) in [6, 6.07) is 2.85. The Morgan fingerprint density at radius 1 is 1.53 bits per heavy atom. The minimum atomic E-state index is -0.940. The molecule has 90 valence electrons. The molecule has 0 bridgehead atoms. The molecule has 1 saturated heterocycles. The zero-order valence-electron chi connectivity index (χ0n) is 9.59. The van der Waals surface area contributed by atoms with Gasteiger partial charge in [0, 0.05) is 12.7 Å². The van der Waals surface area contributed by atoms with Gasteiger partial charge in [-0.3, -0.25) is 9.78 Å². The molecular weight excluding hydrogens is 220 g/mol. The molecule has 1 aliphatic heterocycles. The minimum absolute atomic E-state index is 0.284. The van der Waals surface area contributed by atoms with Crippen molar-refractivity contribution < 1.29 is 14.7 Å². The lowest BCUT2D eigenvalue weighted by molar-refractivity contribution is -0.141. The Balaban J connectivity index is 2.26. The maximum atomic E-state index is 12.2. The van der Waals surface area contributed by atoms with Crippen molar-refractivity contribution in [3.63, 3.8) is 0 Å². The van der Waals surface area contributed by atoms with Crippen LogP contribution in [0.4, 0.5) is 0 Å². The quantitative estimate of drug-likeness (QED) is 0.831. The highest BCUT2D eigenvalue weighted by Crippen LogP contribution is 2.20. The molecule has 1 aromatic heterocycles. The molecule has 1 atom stereocenters.